The molecule has 1 fully saturated rings. The van der Waals surface area contributed by atoms with Crippen LogP contribution in [0.5, 0.6) is 0 Å². The van der Waals surface area contributed by atoms with Gasteiger partial charge in [-0.25, -0.2) is 9.97 Å². The standard InChI is InChI=1S/C14H17ClN4/c1-2-13-16-5-6-18(13)8-11-9-19(10-11)14-4-3-12(15)7-17-14/h3-7,11H,2,8-10H2,1H3. The number of halogens is 1. The molecule has 0 saturated carbocycles. The second-order valence-electron chi connectivity index (χ2n) is 4.96. The summed E-state index contributed by atoms with van der Waals surface area (Å²) >= 11 is 5.84. The van der Waals surface area contributed by atoms with Gasteiger partial charge in [-0.1, -0.05) is 18.5 Å². The van der Waals surface area contributed by atoms with Gasteiger partial charge in [0.1, 0.15) is 11.6 Å². The quantitative estimate of drug-likeness (QED) is 0.861. The first-order chi connectivity index (χ1) is 9.26. The minimum atomic E-state index is 0.678. The van der Waals surface area contributed by atoms with E-state index >= 15 is 0 Å². The van der Waals surface area contributed by atoms with Gasteiger partial charge in [-0.05, 0) is 12.1 Å². The van der Waals surface area contributed by atoms with E-state index in [1.165, 1.54) is 5.82 Å². The number of imidazole rings is 1. The molecule has 0 N–H and O–H groups in total. The summed E-state index contributed by atoms with van der Waals surface area (Å²) in [4.78, 5) is 11.0. The van der Waals surface area contributed by atoms with E-state index in [4.69, 9.17) is 11.6 Å². The highest BCUT2D eigenvalue weighted by atomic mass is 35.5. The summed E-state index contributed by atoms with van der Waals surface area (Å²) in [5.74, 6) is 2.86. The first-order valence-corrected chi connectivity index (χ1v) is 7.00. The van der Waals surface area contributed by atoms with Crippen LogP contribution in [0.2, 0.25) is 5.02 Å². The van der Waals surface area contributed by atoms with Crippen molar-refractivity contribution in [2.24, 2.45) is 5.92 Å². The third-order valence-corrected chi connectivity index (χ3v) is 3.79. The topological polar surface area (TPSA) is 34.0 Å². The molecule has 2 aromatic rings. The number of pyridine rings is 1. The Bertz CT molecular complexity index is 543. The summed E-state index contributed by atoms with van der Waals surface area (Å²) in [6.07, 6.45) is 6.65. The van der Waals surface area contributed by atoms with Crippen LogP contribution in [0.1, 0.15) is 12.7 Å². The molecule has 1 aliphatic heterocycles. The van der Waals surface area contributed by atoms with Crippen molar-refractivity contribution in [2.45, 2.75) is 19.9 Å². The molecule has 1 aliphatic rings. The molecule has 100 valence electrons. The molecule has 0 radical (unpaired) electrons. The minimum absolute atomic E-state index is 0.678. The van der Waals surface area contributed by atoms with Crippen molar-refractivity contribution in [2.75, 3.05) is 18.0 Å². The normalized spacial score (nSPS) is 15.6. The van der Waals surface area contributed by atoms with Gasteiger partial charge in [0.2, 0.25) is 0 Å². The molecule has 0 bridgehead atoms. The van der Waals surface area contributed by atoms with Crippen molar-refractivity contribution in [1.82, 2.24) is 14.5 Å². The minimum Gasteiger partial charge on any atom is -0.356 e. The van der Waals surface area contributed by atoms with E-state index in [9.17, 15) is 0 Å². The SMILES string of the molecule is CCc1nccn1CC1CN(c2ccc(Cl)cn2)C1. The average molecular weight is 277 g/mol. The maximum Gasteiger partial charge on any atom is 0.128 e. The lowest BCUT2D eigenvalue weighted by Gasteiger charge is -2.40. The lowest BCUT2D eigenvalue weighted by molar-refractivity contribution is 0.351. The molecule has 0 spiro atoms. The Hall–Kier alpha value is -1.55. The van der Waals surface area contributed by atoms with E-state index in [0.29, 0.717) is 10.9 Å². The summed E-state index contributed by atoms with van der Waals surface area (Å²) in [5.41, 5.74) is 0. The monoisotopic (exact) mass is 276 g/mol. The highest BCUT2D eigenvalue weighted by Crippen LogP contribution is 2.24. The molecule has 19 heavy (non-hydrogen) atoms. The van der Waals surface area contributed by atoms with Gasteiger partial charge in [0.25, 0.3) is 0 Å². The number of anilines is 1. The van der Waals surface area contributed by atoms with Gasteiger partial charge in [0, 0.05) is 50.6 Å². The third kappa shape index (κ3) is 2.59. The lowest BCUT2D eigenvalue weighted by atomic mass is 10.00. The highest BCUT2D eigenvalue weighted by Gasteiger charge is 2.28. The van der Waals surface area contributed by atoms with Crippen LogP contribution in [0.4, 0.5) is 5.82 Å². The molecule has 3 rings (SSSR count). The van der Waals surface area contributed by atoms with Crippen molar-refractivity contribution in [3.8, 4) is 0 Å². The van der Waals surface area contributed by atoms with Crippen LogP contribution in [-0.2, 0) is 13.0 Å². The zero-order chi connectivity index (χ0) is 13.2. The summed E-state index contributed by atoms with van der Waals surface area (Å²) < 4.78 is 2.26. The fraction of sp³-hybridized carbons (Fsp3) is 0.429. The van der Waals surface area contributed by atoms with Crippen LogP contribution in [0, 0.1) is 5.92 Å². The van der Waals surface area contributed by atoms with Gasteiger partial charge in [0.05, 0.1) is 5.02 Å². The van der Waals surface area contributed by atoms with E-state index in [0.717, 1.165) is 31.9 Å². The maximum atomic E-state index is 5.84. The van der Waals surface area contributed by atoms with Gasteiger partial charge in [-0.2, -0.15) is 0 Å². The van der Waals surface area contributed by atoms with Crippen molar-refractivity contribution in [3.63, 3.8) is 0 Å². The predicted molar refractivity (Wildman–Crippen MR) is 76.6 cm³/mol. The molecule has 0 unspecified atom stereocenters. The summed E-state index contributed by atoms with van der Waals surface area (Å²) in [6.45, 7) is 5.29. The smallest absolute Gasteiger partial charge is 0.128 e. The van der Waals surface area contributed by atoms with E-state index < -0.39 is 0 Å². The summed E-state index contributed by atoms with van der Waals surface area (Å²) in [5, 5.41) is 0.687. The van der Waals surface area contributed by atoms with E-state index in [1.807, 2.05) is 18.3 Å². The zero-order valence-electron chi connectivity index (χ0n) is 11.0. The fourth-order valence-corrected chi connectivity index (χ4v) is 2.64. The molecule has 1 saturated heterocycles. The number of nitrogens with zero attached hydrogens (tertiary/aromatic N) is 4. The molecule has 4 nitrogen and oxygen atoms in total. The second-order valence-corrected chi connectivity index (χ2v) is 5.39. The first-order valence-electron chi connectivity index (χ1n) is 6.62. The second kappa shape index (κ2) is 5.21. The Labute approximate surface area is 118 Å². The molecule has 5 heteroatoms. The summed E-state index contributed by atoms with van der Waals surface area (Å²) in [6, 6.07) is 3.87. The highest BCUT2D eigenvalue weighted by molar-refractivity contribution is 6.30. The molecule has 0 amide bonds. The Morgan fingerprint density at radius 1 is 1.32 bits per heavy atom. The third-order valence-electron chi connectivity index (χ3n) is 3.57. The Morgan fingerprint density at radius 3 is 2.84 bits per heavy atom. The average Bonchev–Trinajstić information content (AvgIpc) is 2.82. The van der Waals surface area contributed by atoms with E-state index in [-0.39, 0.29) is 0 Å². The zero-order valence-corrected chi connectivity index (χ0v) is 11.7. The molecule has 0 aromatic carbocycles. The molecular weight excluding hydrogens is 260 g/mol. The van der Waals surface area contributed by atoms with Crippen LogP contribution in [-0.4, -0.2) is 27.6 Å². The molecular formula is C14H17ClN4. The maximum absolute atomic E-state index is 5.84. The molecule has 2 aromatic heterocycles. The van der Waals surface area contributed by atoms with Gasteiger partial charge < -0.3 is 9.47 Å². The first kappa shape index (κ1) is 12.5. The molecule has 0 aliphatic carbocycles. The predicted octanol–water partition coefficient (Wildman–Crippen LogP) is 2.63. The lowest BCUT2D eigenvalue weighted by Crippen LogP contribution is -2.49. The molecule has 0 atom stereocenters. The van der Waals surface area contributed by atoms with E-state index in [2.05, 4.69) is 32.6 Å². The van der Waals surface area contributed by atoms with Gasteiger partial charge in [0.15, 0.2) is 0 Å². The Morgan fingerprint density at radius 2 is 2.16 bits per heavy atom. The number of aromatic nitrogens is 3. The number of rotatable bonds is 4. The van der Waals surface area contributed by atoms with Crippen LogP contribution in [0.15, 0.2) is 30.7 Å². The van der Waals surface area contributed by atoms with Crippen molar-refractivity contribution in [1.29, 1.82) is 0 Å². The van der Waals surface area contributed by atoms with Crippen molar-refractivity contribution in [3.05, 3.63) is 41.6 Å². The van der Waals surface area contributed by atoms with Crippen molar-refractivity contribution >= 4 is 17.4 Å². The van der Waals surface area contributed by atoms with Gasteiger partial charge in [-0.3, -0.25) is 0 Å². The number of aryl methyl sites for hydroxylation is 1. The summed E-state index contributed by atoms with van der Waals surface area (Å²) in [7, 11) is 0. The van der Waals surface area contributed by atoms with Crippen LogP contribution in [0.3, 0.4) is 0 Å². The largest absolute Gasteiger partial charge is 0.356 e. The van der Waals surface area contributed by atoms with Gasteiger partial charge in [-0.15, -0.1) is 0 Å². The van der Waals surface area contributed by atoms with Crippen LogP contribution in [0.25, 0.3) is 0 Å². The number of hydrogen-bond donors (Lipinski definition) is 0. The molecule has 3 heterocycles. The van der Waals surface area contributed by atoms with E-state index in [1.54, 1.807) is 6.20 Å². The van der Waals surface area contributed by atoms with Crippen molar-refractivity contribution < 1.29 is 0 Å². The van der Waals surface area contributed by atoms with Gasteiger partial charge >= 0.3 is 0 Å². The Balaban J connectivity index is 1.57. The fourth-order valence-electron chi connectivity index (χ4n) is 2.53. The van der Waals surface area contributed by atoms with Crippen LogP contribution < -0.4 is 4.90 Å². The number of hydrogen-bond acceptors (Lipinski definition) is 3. The Kier molecular flexibility index (Phi) is 3.42. The van der Waals surface area contributed by atoms with Crippen LogP contribution >= 0.6 is 11.6 Å².